The highest BCUT2D eigenvalue weighted by Crippen LogP contribution is 2.29. The van der Waals surface area contributed by atoms with Gasteiger partial charge in [-0.25, -0.2) is 13.4 Å². The lowest BCUT2D eigenvalue weighted by atomic mass is 10.2. The van der Waals surface area contributed by atoms with E-state index in [1.54, 1.807) is 0 Å². The molecule has 3 rings (SSSR count). The highest BCUT2D eigenvalue weighted by molar-refractivity contribution is 7.94. The molecule has 1 aromatic heterocycles. The number of sulfone groups is 1. The van der Waals surface area contributed by atoms with Crippen molar-refractivity contribution >= 4 is 27.1 Å². The lowest BCUT2D eigenvalue weighted by Crippen LogP contribution is -2.36. The Morgan fingerprint density at radius 2 is 2.00 bits per heavy atom. The van der Waals surface area contributed by atoms with E-state index in [0.717, 1.165) is 5.41 Å². The number of rotatable bonds is 5. The van der Waals surface area contributed by atoms with Crippen molar-refractivity contribution in [2.45, 2.75) is 18.8 Å². The smallest absolute Gasteiger partial charge is 0.406 e. The van der Waals surface area contributed by atoms with Crippen LogP contribution in [0.15, 0.2) is 41.9 Å². The molecule has 27 heavy (non-hydrogen) atoms. The van der Waals surface area contributed by atoms with Crippen molar-refractivity contribution in [2.24, 2.45) is 0 Å². The van der Waals surface area contributed by atoms with Gasteiger partial charge < -0.3 is 10.1 Å². The number of aromatic nitrogens is 1. The van der Waals surface area contributed by atoms with E-state index < -0.39 is 22.2 Å². The zero-order chi connectivity index (χ0) is 19.7. The van der Waals surface area contributed by atoms with Gasteiger partial charge in [0.2, 0.25) is 5.91 Å². The maximum atomic E-state index is 12.2. The molecular formula is C16H13F3N2O4S2. The van der Waals surface area contributed by atoms with Crippen molar-refractivity contribution in [1.82, 2.24) is 10.3 Å². The molecule has 2 aromatic rings. The summed E-state index contributed by atoms with van der Waals surface area (Å²) in [5, 5.41) is 4.23. The summed E-state index contributed by atoms with van der Waals surface area (Å²) in [5.74, 6) is -0.827. The third kappa shape index (κ3) is 5.54. The summed E-state index contributed by atoms with van der Waals surface area (Å²) in [6.45, 7) is 0. The summed E-state index contributed by atoms with van der Waals surface area (Å²) in [5.41, 5.74) is 0.589. The van der Waals surface area contributed by atoms with Gasteiger partial charge in [0.15, 0.2) is 9.84 Å². The van der Waals surface area contributed by atoms with Crippen molar-refractivity contribution in [3.63, 3.8) is 0 Å². The van der Waals surface area contributed by atoms with Crippen LogP contribution in [0.3, 0.4) is 0 Å². The van der Waals surface area contributed by atoms with Crippen LogP contribution in [0.25, 0.3) is 10.6 Å². The van der Waals surface area contributed by atoms with Crippen molar-refractivity contribution in [1.29, 1.82) is 0 Å². The van der Waals surface area contributed by atoms with Crippen molar-refractivity contribution < 1.29 is 31.1 Å². The minimum atomic E-state index is -4.75. The Labute approximate surface area is 156 Å². The van der Waals surface area contributed by atoms with Crippen LogP contribution >= 0.6 is 11.3 Å². The molecule has 1 N–H and O–H groups in total. The zero-order valence-corrected chi connectivity index (χ0v) is 15.2. The standard InChI is InChI=1S/C16H13F3N2O4S2/c17-16(18,19)25-12-3-1-10(2-4-12)15-20-8-13(26-15)7-14(22)21-11-5-6-27(23,24)9-11/h1-6,8,11H,7,9H2,(H,21,22)/t11-/m0/s1. The van der Waals surface area contributed by atoms with Crippen LogP contribution in [0.4, 0.5) is 13.2 Å². The van der Waals surface area contributed by atoms with Gasteiger partial charge >= 0.3 is 6.36 Å². The SMILES string of the molecule is O=C(Cc1cnc(-c2ccc(OC(F)(F)F)cc2)s1)N[C@H]1C=CS(=O)(=O)C1. The number of alkyl halides is 3. The Balaban J connectivity index is 1.60. The van der Waals surface area contributed by atoms with Gasteiger partial charge in [0.25, 0.3) is 0 Å². The maximum Gasteiger partial charge on any atom is 0.573 e. The average Bonchev–Trinajstić information content (AvgIpc) is 3.13. The number of carbonyl (C=O) groups is 1. The largest absolute Gasteiger partial charge is 0.573 e. The van der Waals surface area contributed by atoms with Crippen molar-refractivity contribution in [3.05, 3.63) is 46.8 Å². The minimum absolute atomic E-state index is 0.0251. The summed E-state index contributed by atoms with van der Waals surface area (Å²) in [6.07, 6.45) is -1.80. The molecule has 0 unspecified atom stereocenters. The fourth-order valence-electron chi connectivity index (χ4n) is 2.40. The lowest BCUT2D eigenvalue weighted by molar-refractivity contribution is -0.274. The molecule has 0 bridgehead atoms. The molecule has 1 aliphatic rings. The molecule has 0 spiro atoms. The second kappa shape index (κ2) is 7.31. The molecule has 144 valence electrons. The van der Waals surface area contributed by atoms with Gasteiger partial charge in [-0.3, -0.25) is 4.79 Å². The molecule has 1 atom stereocenters. The third-order valence-corrected chi connectivity index (χ3v) is 5.94. The van der Waals surface area contributed by atoms with Gasteiger partial charge in [-0.15, -0.1) is 24.5 Å². The fourth-order valence-corrected chi connectivity index (χ4v) is 4.56. The number of hydrogen-bond acceptors (Lipinski definition) is 6. The first-order chi connectivity index (χ1) is 12.6. The molecule has 6 nitrogen and oxygen atoms in total. The van der Waals surface area contributed by atoms with Crippen LogP contribution in [-0.2, 0) is 21.1 Å². The molecular weight excluding hydrogens is 405 g/mol. The minimum Gasteiger partial charge on any atom is -0.406 e. The first-order valence-corrected chi connectivity index (χ1v) is 10.1. The summed E-state index contributed by atoms with van der Waals surface area (Å²) < 4.78 is 63.0. The van der Waals surface area contributed by atoms with Crippen molar-refractivity contribution in [3.8, 4) is 16.3 Å². The van der Waals surface area contributed by atoms with Crippen LogP contribution in [0.2, 0.25) is 0 Å². The van der Waals surface area contributed by atoms with E-state index in [2.05, 4.69) is 15.0 Å². The fraction of sp³-hybridized carbons (Fsp3) is 0.250. The van der Waals surface area contributed by atoms with Gasteiger partial charge in [0.05, 0.1) is 18.2 Å². The topological polar surface area (TPSA) is 85.4 Å². The van der Waals surface area contributed by atoms with E-state index in [1.165, 1.54) is 47.9 Å². The average molecular weight is 418 g/mol. The van der Waals surface area contributed by atoms with E-state index in [9.17, 15) is 26.4 Å². The molecule has 11 heteroatoms. The third-order valence-electron chi connectivity index (χ3n) is 3.50. The molecule has 0 saturated carbocycles. The van der Waals surface area contributed by atoms with Gasteiger partial charge in [-0.1, -0.05) is 0 Å². The van der Waals surface area contributed by atoms with Gasteiger partial charge in [0, 0.05) is 22.0 Å². The second-order valence-corrected chi connectivity index (χ2v) is 8.76. The van der Waals surface area contributed by atoms with Crippen LogP contribution in [-0.4, -0.2) is 37.5 Å². The first kappa shape index (κ1) is 19.4. The van der Waals surface area contributed by atoms with Crippen molar-refractivity contribution in [2.75, 3.05) is 5.75 Å². The van der Waals surface area contributed by atoms with Gasteiger partial charge in [-0.2, -0.15) is 0 Å². The maximum absolute atomic E-state index is 12.2. The molecule has 0 aliphatic carbocycles. The van der Waals surface area contributed by atoms with Crippen LogP contribution in [0, 0.1) is 0 Å². The predicted octanol–water partition coefficient (Wildman–Crippen LogP) is 2.68. The highest BCUT2D eigenvalue weighted by atomic mass is 32.2. The molecule has 0 radical (unpaired) electrons. The molecule has 1 amide bonds. The van der Waals surface area contributed by atoms with Gasteiger partial charge in [-0.05, 0) is 30.3 Å². The number of carbonyl (C=O) groups excluding carboxylic acids is 1. The first-order valence-electron chi connectivity index (χ1n) is 7.61. The molecule has 0 saturated heterocycles. The summed E-state index contributed by atoms with van der Waals surface area (Å²) in [7, 11) is -3.25. The van der Waals surface area contributed by atoms with E-state index in [4.69, 9.17) is 0 Å². The molecule has 0 fully saturated rings. The highest BCUT2D eigenvalue weighted by Gasteiger charge is 2.31. The Morgan fingerprint density at radius 3 is 2.59 bits per heavy atom. The van der Waals surface area contributed by atoms with Crippen LogP contribution in [0.1, 0.15) is 4.88 Å². The number of benzene rings is 1. The number of nitrogens with zero attached hydrogens (tertiary/aromatic N) is 1. The van der Waals surface area contributed by atoms with E-state index >= 15 is 0 Å². The molecule has 1 aromatic carbocycles. The zero-order valence-electron chi connectivity index (χ0n) is 13.6. The normalized spacial score (nSPS) is 18.4. The van der Waals surface area contributed by atoms with Crippen LogP contribution in [0.5, 0.6) is 5.75 Å². The number of amides is 1. The van der Waals surface area contributed by atoms with E-state index in [1.807, 2.05) is 0 Å². The number of ether oxygens (including phenoxy) is 1. The summed E-state index contributed by atoms with van der Waals surface area (Å²) >= 11 is 1.22. The lowest BCUT2D eigenvalue weighted by Gasteiger charge is -2.09. The van der Waals surface area contributed by atoms with E-state index in [-0.39, 0.29) is 23.8 Å². The Bertz CT molecular complexity index is 966. The summed E-state index contributed by atoms with van der Waals surface area (Å²) in [4.78, 5) is 16.8. The number of thiazole rings is 1. The Morgan fingerprint density at radius 1 is 1.30 bits per heavy atom. The summed E-state index contributed by atoms with van der Waals surface area (Å²) in [6, 6.07) is 4.71. The van der Waals surface area contributed by atoms with Crippen LogP contribution < -0.4 is 10.1 Å². The molecule has 2 heterocycles. The van der Waals surface area contributed by atoms with Gasteiger partial charge in [0.1, 0.15) is 10.8 Å². The number of hydrogen-bond donors (Lipinski definition) is 1. The quantitative estimate of drug-likeness (QED) is 0.807. The monoisotopic (exact) mass is 418 g/mol. The Kier molecular flexibility index (Phi) is 5.24. The number of nitrogens with one attached hydrogen (secondary N) is 1. The number of halogens is 3. The van der Waals surface area contributed by atoms with E-state index in [0.29, 0.717) is 15.4 Å². The Hall–Kier alpha value is -2.40. The predicted molar refractivity (Wildman–Crippen MR) is 92.8 cm³/mol. The molecule has 1 aliphatic heterocycles. The second-order valence-electron chi connectivity index (χ2n) is 5.71.